The predicted molar refractivity (Wildman–Crippen MR) is 130 cm³/mol. The van der Waals surface area contributed by atoms with Crippen molar-refractivity contribution in [2.75, 3.05) is 5.32 Å². The van der Waals surface area contributed by atoms with Crippen LogP contribution in [0.2, 0.25) is 0 Å². The molecule has 0 bridgehead atoms. The van der Waals surface area contributed by atoms with Crippen LogP contribution < -0.4 is 10.9 Å². The van der Waals surface area contributed by atoms with Gasteiger partial charge < -0.3 is 10.3 Å². The van der Waals surface area contributed by atoms with E-state index in [0.717, 1.165) is 11.3 Å². The molecule has 0 saturated heterocycles. The maximum absolute atomic E-state index is 13.3. The number of aromatic amines is 1. The van der Waals surface area contributed by atoms with Crippen LogP contribution in [0, 0.1) is 17.0 Å². The lowest BCUT2D eigenvalue weighted by atomic mass is 9.76. The Kier molecular flexibility index (Phi) is 5.79. The zero-order valence-electron chi connectivity index (χ0n) is 18.5. The standard InChI is InChI=1S/C25H22N4O4S/c1-14-8-10-15(11-9-14)13-34-25-27-23-22(24(31)28-25)20(16-4-2-5-17(12-16)29(32)33)21-18(26-23)6-3-7-19(21)30/h2,4-5,8-12,20H,3,6-7,13H2,1H3,(H2,26,27,28,31)/t20-/m0/s1. The molecule has 1 aliphatic carbocycles. The van der Waals surface area contributed by atoms with Crippen LogP contribution in [0.4, 0.5) is 11.5 Å². The van der Waals surface area contributed by atoms with E-state index in [4.69, 9.17) is 0 Å². The van der Waals surface area contributed by atoms with Gasteiger partial charge in [0.15, 0.2) is 10.9 Å². The summed E-state index contributed by atoms with van der Waals surface area (Å²) in [7, 11) is 0. The Morgan fingerprint density at radius 2 is 1.94 bits per heavy atom. The molecule has 0 radical (unpaired) electrons. The molecule has 1 atom stereocenters. The van der Waals surface area contributed by atoms with Gasteiger partial charge in [0, 0.05) is 41.5 Å². The summed E-state index contributed by atoms with van der Waals surface area (Å²) in [5.74, 6) is 0.294. The molecule has 0 saturated carbocycles. The number of rotatable bonds is 5. The number of H-pyrrole nitrogens is 1. The van der Waals surface area contributed by atoms with E-state index in [0.29, 0.717) is 52.7 Å². The van der Waals surface area contributed by atoms with Crippen molar-refractivity contribution >= 4 is 29.1 Å². The van der Waals surface area contributed by atoms with Gasteiger partial charge in [-0.3, -0.25) is 19.7 Å². The fourth-order valence-electron chi connectivity index (χ4n) is 4.50. The molecule has 2 aromatic carbocycles. The summed E-state index contributed by atoms with van der Waals surface area (Å²) in [6.07, 6.45) is 1.75. The van der Waals surface area contributed by atoms with Gasteiger partial charge >= 0.3 is 0 Å². The molecule has 5 rings (SSSR count). The van der Waals surface area contributed by atoms with Gasteiger partial charge in [0.25, 0.3) is 11.2 Å². The van der Waals surface area contributed by atoms with E-state index in [2.05, 4.69) is 15.3 Å². The zero-order chi connectivity index (χ0) is 23.8. The Morgan fingerprint density at radius 3 is 2.71 bits per heavy atom. The first-order chi connectivity index (χ1) is 16.4. The number of aromatic nitrogens is 2. The second-order valence-corrected chi connectivity index (χ2v) is 9.45. The Bertz CT molecular complexity index is 1390. The third-order valence-corrected chi connectivity index (χ3v) is 7.09. The summed E-state index contributed by atoms with van der Waals surface area (Å²) in [5.41, 5.74) is 3.95. The number of hydrogen-bond acceptors (Lipinski definition) is 7. The molecule has 172 valence electrons. The quantitative estimate of drug-likeness (QED) is 0.235. The Hall–Kier alpha value is -3.72. The highest BCUT2D eigenvalue weighted by Crippen LogP contribution is 2.44. The highest BCUT2D eigenvalue weighted by Gasteiger charge is 2.38. The highest BCUT2D eigenvalue weighted by molar-refractivity contribution is 7.98. The molecule has 3 aromatic rings. The first-order valence-corrected chi connectivity index (χ1v) is 12.0. The molecule has 0 fully saturated rings. The number of benzene rings is 2. The topological polar surface area (TPSA) is 118 Å². The number of fused-ring (bicyclic) bond motifs is 1. The highest BCUT2D eigenvalue weighted by atomic mass is 32.2. The number of carbonyl (C=O) groups is 1. The minimum atomic E-state index is -0.702. The normalized spacial score (nSPS) is 17.1. The Labute approximate surface area is 199 Å². The molecular weight excluding hydrogens is 452 g/mol. The van der Waals surface area contributed by atoms with Crippen LogP contribution in [-0.4, -0.2) is 20.7 Å². The molecule has 1 aromatic heterocycles. The fourth-order valence-corrected chi connectivity index (χ4v) is 5.31. The molecule has 2 heterocycles. The largest absolute Gasteiger partial charge is 0.343 e. The number of nitrogens with zero attached hydrogens (tertiary/aromatic N) is 2. The Balaban J connectivity index is 1.57. The smallest absolute Gasteiger partial charge is 0.269 e. The van der Waals surface area contributed by atoms with Gasteiger partial charge in [-0.2, -0.15) is 0 Å². The van der Waals surface area contributed by atoms with Crippen molar-refractivity contribution in [3.05, 3.63) is 103 Å². The SMILES string of the molecule is Cc1ccc(CSc2nc3c(c(=O)[nH]2)[C@@H](c2cccc([N+](=O)[O-])c2)C2=C(CCCC2=O)N3)cc1. The number of carbonyl (C=O) groups excluding carboxylic acids is 1. The second-order valence-electron chi connectivity index (χ2n) is 8.49. The maximum atomic E-state index is 13.3. The number of non-ortho nitro benzene ring substituents is 1. The average Bonchev–Trinajstić information content (AvgIpc) is 2.82. The number of anilines is 1. The number of nitro groups is 1. The van der Waals surface area contributed by atoms with Crippen molar-refractivity contribution in [2.24, 2.45) is 0 Å². The van der Waals surface area contributed by atoms with E-state index in [1.807, 2.05) is 31.2 Å². The summed E-state index contributed by atoms with van der Waals surface area (Å²) in [6.45, 7) is 2.03. The van der Waals surface area contributed by atoms with Crippen molar-refractivity contribution < 1.29 is 9.72 Å². The van der Waals surface area contributed by atoms with Gasteiger partial charge in [-0.25, -0.2) is 4.98 Å². The molecule has 0 amide bonds. The number of thioether (sulfide) groups is 1. The van der Waals surface area contributed by atoms with Gasteiger partial charge in [0.2, 0.25) is 0 Å². The monoisotopic (exact) mass is 474 g/mol. The van der Waals surface area contributed by atoms with Crippen molar-refractivity contribution in [2.45, 2.75) is 43.0 Å². The van der Waals surface area contributed by atoms with E-state index in [9.17, 15) is 19.7 Å². The van der Waals surface area contributed by atoms with Gasteiger partial charge in [0.1, 0.15) is 5.82 Å². The molecule has 9 heteroatoms. The van der Waals surface area contributed by atoms with Crippen LogP contribution in [0.1, 0.15) is 47.4 Å². The van der Waals surface area contributed by atoms with Crippen LogP contribution in [0.25, 0.3) is 0 Å². The number of allylic oxidation sites excluding steroid dienone is 2. The minimum absolute atomic E-state index is 0.0480. The maximum Gasteiger partial charge on any atom is 0.269 e. The molecule has 0 unspecified atom stereocenters. The molecule has 2 aliphatic rings. The molecular formula is C25H22N4O4S. The lowest BCUT2D eigenvalue weighted by Gasteiger charge is -2.32. The first kappa shape index (κ1) is 22.1. The number of hydrogen-bond donors (Lipinski definition) is 2. The number of aryl methyl sites for hydroxylation is 1. The molecule has 34 heavy (non-hydrogen) atoms. The van der Waals surface area contributed by atoms with Crippen molar-refractivity contribution in [3.63, 3.8) is 0 Å². The van der Waals surface area contributed by atoms with E-state index >= 15 is 0 Å². The van der Waals surface area contributed by atoms with Gasteiger partial charge in [-0.1, -0.05) is 53.7 Å². The van der Waals surface area contributed by atoms with Crippen LogP contribution in [-0.2, 0) is 10.5 Å². The summed E-state index contributed by atoms with van der Waals surface area (Å²) >= 11 is 1.42. The number of nitrogens with one attached hydrogen (secondary N) is 2. The lowest BCUT2D eigenvalue weighted by Crippen LogP contribution is -2.32. The van der Waals surface area contributed by atoms with Gasteiger partial charge in [-0.15, -0.1) is 0 Å². The van der Waals surface area contributed by atoms with Gasteiger partial charge in [0.05, 0.1) is 10.5 Å². The number of Topliss-reactive ketones (excluding diaryl/α,β-unsaturated/α-hetero) is 1. The van der Waals surface area contributed by atoms with Crippen LogP contribution in [0.5, 0.6) is 0 Å². The first-order valence-electron chi connectivity index (χ1n) is 11.0. The summed E-state index contributed by atoms with van der Waals surface area (Å²) < 4.78 is 0. The van der Waals surface area contributed by atoms with Crippen molar-refractivity contribution in [3.8, 4) is 0 Å². The molecule has 8 nitrogen and oxygen atoms in total. The van der Waals surface area contributed by atoms with Crippen molar-refractivity contribution in [1.29, 1.82) is 0 Å². The third kappa shape index (κ3) is 4.14. The number of nitro benzene ring substituents is 1. The average molecular weight is 475 g/mol. The predicted octanol–water partition coefficient (Wildman–Crippen LogP) is 4.84. The van der Waals surface area contributed by atoms with Crippen LogP contribution >= 0.6 is 11.8 Å². The lowest BCUT2D eigenvalue weighted by molar-refractivity contribution is -0.384. The second kappa shape index (κ2) is 8.90. The fraction of sp³-hybridized carbons (Fsp3) is 0.240. The minimum Gasteiger partial charge on any atom is -0.343 e. The zero-order valence-corrected chi connectivity index (χ0v) is 19.3. The summed E-state index contributed by atoms with van der Waals surface area (Å²) in [4.78, 5) is 44.7. The van der Waals surface area contributed by atoms with E-state index in [1.165, 1.54) is 29.5 Å². The third-order valence-electron chi connectivity index (χ3n) is 6.15. The molecule has 0 spiro atoms. The molecule has 2 N–H and O–H groups in total. The summed E-state index contributed by atoms with van der Waals surface area (Å²) in [6, 6.07) is 14.3. The molecule has 1 aliphatic heterocycles. The van der Waals surface area contributed by atoms with E-state index in [1.54, 1.807) is 12.1 Å². The van der Waals surface area contributed by atoms with Crippen molar-refractivity contribution in [1.82, 2.24) is 9.97 Å². The van der Waals surface area contributed by atoms with E-state index < -0.39 is 10.8 Å². The van der Waals surface area contributed by atoms with Crippen LogP contribution in [0.3, 0.4) is 0 Å². The van der Waals surface area contributed by atoms with Crippen LogP contribution in [0.15, 0.2) is 69.8 Å². The van der Waals surface area contributed by atoms with E-state index in [-0.39, 0.29) is 17.0 Å². The summed E-state index contributed by atoms with van der Waals surface area (Å²) in [5, 5.41) is 15.1. The number of ketones is 1. The van der Waals surface area contributed by atoms with Gasteiger partial charge in [-0.05, 0) is 30.9 Å². The Morgan fingerprint density at radius 1 is 1.15 bits per heavy atom.